The van der Waals surface area contributed by atoms with Crippen molar-refractivity contribution in [3.63, 3.8) is 0 Å². The van der Waals surface area contributed by atoms with Crippen molar-refractivity contribution in [2.45, 2.75) is 44.4 Å². The average Bonchev–Trinajstić information content (AvgIpc) is 3.02. The second-order valence-electron chi connectivity index (χ2n) is 5.37. The summed E-state index contributed by atoms with van der Waals surface area (Å²) in [6.07, 6.45) is 10.7. The molecule has 4 nitrogen and oxygen atoms in total. The maximum atomic E-state index is 6.23. The molecular weight excluding hydrogens is 250 g/mol. The first-order valence-electron chi connectivity index (χ1n) is 7.30. The van der Waals surface area contributed by atoms with Gasteiger partial charge in [-0.3, -0.25) is 0 Å². The van der Waals surface area contributed by atoms with Crippen LogP contribution in [0.4, 0.5) is 0 Å². The largest absolute Gasteiger partial charge is 0.488 e. The molecule has 0 bridgehead atoms. The van der Waals surface area contributed by atoms with Crippen LogP contribution in [0.3, 0.4) is 0 Å². The van der Waals surface area contributed by atoms with E-state index < -0.39 is 0 Å². The summed E-state index contributed by atoms with van der Waals surface area (Å²) in [7, 11) is 0. The first-order valence-corrected chi connectivity index (χ1v) is 7.30. The Morgan fingerprint density at radius 1 is 1.30 bits per heavy atom. The Hall–Kier alpha value is -1.81. The van der Waals surface area contributed by atoms with Crippen molar-refractivity contribution in [2.24, 2.45) is 5.73 Å². The van der Waals surface area contributed by atoms with Gasteiger partial charge < -0.3 is 15.0 Å². The number of nitrogens with zero attached hydrogens (tertiary/aromatic N) is 2. The summed E-state index contributed by atoms with van der Waals surface area (Å²) in [5.41, 5.74) is 6.80. The monoisotopic (exact) mass is 271 g/mol. The summed E-state index contributed by atoms with van der Waals surface area (Å²) in [6.45, 7) is 0.548. The molecule has 106 valence electrons. The molecule has 2 unspecified atom stereocenters. The third kappa shape index (κ3) is 2.85. The van der Waals surface area contributed by atoms with Crippen LogP contribution < -0.4 is 10.5 Å². The lowest BCUT2D eigenvalue weighted by Gasteiger charge is -2.32. The van der Waals surface area contributed by atoms with E-state index in [1.165, 1.54) is 12.8 Å². The summed E-state index contributed by atoms with van der Waals surface area (Å²) in [6, 6.07) is 8.47. The zero-order chi connectivity index (χ0) is 13.8. The predicted octanol–water partition coefficient (Wildman–Crippen LogP) is 2.90. The minimum atomic E-state index is 0.214. The number of aromatic nitrogens is 2. The lowest BCUT2D eigenvalue weighted by Crippen LogP contribution is -2.32. The van der Waals surface area contributed by atoms with E-state index >= 15 is 0 Å². The zero-order valence-electron chi connectivity index (χ0n) is 11.6. The fourth-order valence-electron chi connectivity index (χ4n) is 2.94. The van der Waals surface area contributed by atoms with E-state index in [4.69, 9.17) is 10.5 Å². The molecule has 20 heavy (non-hydrogen) atoms. The van der Waals surface area contributed by atoms with Crippen LogP contribution >= 0.6 is 0 Å². The molecule has 4 heteroatoms. The third-order valence-electron chi connectivity index (χ3n) is 4.00. The molecular formula is C16H21N3O. The molecule has 2 N–H and O–H groups in total. The summed E-state index contributed by atoms with van der Waals surface area (Å²) in [4.78, 5) is 4.16. The van der Waals surface area contributed by atoms with Gasteiger partial charge in [0.1, 0.15) is 11.9 Å². The predicted molar refractivity (Wildman–Crippen MR) is 78.5 cm³/mol. The summed E-state index contributed by atoms with van der Waals surface area (Å²) in [5.74, 6) is 0.921. The molecule has 1 aromatic carbocycles. The average molecular weight is 271 g/mol. The summed E-state index contributed by atoms with van der Waals surface area (Å²) in [5, 5.41) is 0. The van der Waals surface area contributed by atoms with Crippen LogP contribution in [-0.2, 0) is 6.54 Å². The van der Waals surface area contributed by atoms with Crippen LogP contribution in [-0.4, -0.2) is 15.7 Å². The number of hydrogen-bond acceptors (Lipinski definition) is 3. The highest BCUT2D eigenvalue weighted by molar-refractivity contribution is 5.28. The molecule has 1 saturated carbocycles. The normalized spacial score (nSPS) is 22.6. The van der Waals surface area contributed by atoms with E-state index in [2.05, 4.69) is 9.55 Å². The smallest absolute Gasteiger partial charge is 0.120 e. The molecule has 0 saturated heterocycles. The van der Waals surface area contributed by atoms with Crippen LogP contribution in [0.5, 0.6) is 5.75 Å². The second kappa shape index (κ2) is 6.09. The molecule has 0 aliphatic heterocycles. The second-order valence-corrected chi connectivity index (χ2v) is 5.37. The minimum Gasteiger partial charge on any atom is -0.488 e. The summed E-state index contributed by atoms with van der Waals surface area (Å²) < 4.78 is 8.41. The van der Waals surface area contributed by atoms with E-state index in [0.717, 1.165) is 24.2 Å². The molecule has 1 heterocycles. The van der Waals surface area contributed by atoms with Gasteiger partial charge >= 0.3 is 0 Å². The fourth-order valence-corrected chi connectivity index (χ4v) is 2.94. The Morgan fingerprint density at radius 3 is 3.00 bits per heavy atom. The van der Waals surface area contributed by atoms with Crippen LogP contribution in [0.2, 0.25) is 0 Å². The molecule has 1 aromatic heterocycles. The Kier molecular flexibility index (Phi) is 4.02. The Labute approximate surface area is 119 Å². The van der Waals surface area contributed by atoms with Crippen molar-refractivity contribution in [2.75, 3.05) is 0 Å². The lowest BCUT2D eigenvalue weighted by molar-refractivity contribution is 0.0977. The first-order chi connectivity index (χ1) is 9.86. The topological polar surface area (TPSA) is 53.1 Å². The first kappa shape index (κ1) is 13.2. The molecule has 3 rings (SSSR count). The molecule has 0 amide bonds. The van der Waals surface area contributed by atoms with Gasteiger partial charge in [0.05, 0.1) is 12.4 Å². The van der Waals surface area contributed by atoms with Crippen molar-refractivity contribution in [1.29, 1.82) is 0 Å². The van der Waals surface area contributed by atoms with E-state index in [-0.39, 0.29) is 6.10 Å². The maximum Gasteiger partial charge on any atom is 0.120 e. The SMILES string of the molecule is NCc1cccc(OC2CCCCC2n2ccnc2)c1. The highest BCUT2D eigenvalue weighted by Crippen LogP contribution is 2.32. The zero-order valence-corrected chi connectivity index (χ0v) is 11.6. The lowest BCUT2D eigenvalue weighted by atomic mass is 9.92. The van der Waals surface area contributed by atoms with Crippen molar-refractivity contribution < 1.29 is 4.74 Å². The Bertz CT molecular complexity index is 538. The van der Waals surface area contributed by atoms with Gasteiger partial charge in [0.2, 0.25) is 0 Å². The van der Waals surface area contributed by atoms with Crippen LogP contribution in [0, 0.1) is 0 Å². The molecule has 1 aliphatic rings. The van der Waals surface area contributed by atoms with Gasteiger partial charge in [-0.25, -0.2) is 4.98 Å². The highest BCUT2D eigenvalue weighted by atomic mass is 16.5. The van der Waals surface area contributed by atoms with Crippen molar-refractivity contribution >= 4 is 0 Å². The van der Waals surface area contributed by atoms with Crippen molar-refractivity contribution in [3.8, 4) is 5.75 Å². The molecule has 0 radical (unpaired) electrons. The van der Waals surface area contributed by atoms with Gasteiger partial charge in [-0.15, -0.1) is 0 Å². The Morgan fingerprint density at radius 2 is 2.20 bits per heavy atom. The third-order valence-corrected chi connectivity index (χ3v) is 4.00. The molecule has 0 spiro atoms. The number of rotatable bonds is 4. The molecule has 1 aliphatic carbocycles. The standard InChI is InChI=1S/C16H21N3O/c17-11-13-4-3-5-14(10-13)20-16-7-2-1-6-15(16)19-9-8-18-12-19/h3-5,8-10,12,15-16H,1-2,6-7,11,17H2. The quantitative estimate of drug-likeness (QED) is 0.930. The summed E-state index contributed by atoms with van der Waals surface area (Å²) >= 11 is 0. The van der Waals surface area contributed by atoms with Crippen molar-refractivity contribution in [1.82, 2.24) is 9.55 Å². The number of hydrogen-bond donors (Lipinski definition) is 1. The van der Waals surface area contributed by atoms with Gasteiger partial charge in [0, 0.05) is 18.9 Å². The van der Waals surface area contributed by atoms with Gasteiger partial charge in [-0.1, -0.05) is 18.6 Å². The molecule has 2 aromatic rings. The van der Waals surface area contributed by atoms with Crippen LogP contribution in [0.1, 0.15) is 37.3 Å². The molecule has 2 atom stereocenters. The minimum absolute atomic E-state index is 0.214. The van der Waals surface area contributed by atoms with Gasteiger partial charge in [-0.05, 0) is 37.0 Å². The maximum absolute atomic E-state index is 6.23. The van der Waals surface area contributed by atoms with E-state index in [0.29, 0.717) is 12.6 Å². The molecule has 1 fully saturated rings. The van der Waals surface area contributed by atoms with Crippen LogP contribution in [0.15, 0.2) is 43.0 Å². The number of ether oxygens (including phenoxy) is 1. The van der Waals surface area contributed by atoms with Gasteiger partial charge in [0.25, 0.3) is 0 Å². The number of nitrogens with two attached hydrogens (primary N) is 1. The number of imidazole rings is 1. The van der Waals surface area contributed by atoms with E-state index in [1.807, 2.05) is 43.0 Å². The Balaban J connectivity index is 1.76. The van der Waals surface area contributed by atoms with Crippen molar-refractivity contribution in [3.05, 3.63) is 48.5 Å². The van der Waals surface area contributed by atoms with E-state index in [1.54, 1.807) is 0 Å². The highest BCUT2D eigenvalue weighted by Gasteiger charge is 2.27. The van der Waals surface area contributed by atoms with Gasteiger partial charge in [-0.2, -0.15) is 0 Å². The van der Waals surface area contributed by atoms with E-state index in [9.17, 15) is 0 Å². The number of benzene rings is 1. The van der Waals surface area contributed by atoms with Crippen LogP contribution in [0.25, 0.3) is 0 Å². The van der Waals surface area contributed by atoms with Gasteiger partial charge in [0.15, 0.2) is 0 Å². The fraction of sp³-hybridized carbons (Fsp3) is 0.438.